The lowest BCUT2D eigenvalue weighted by atomic mass is 9.84. The van der Waals surface area contributed by atoms with Crippen LogP contribution in [0.1, 0.15) is 52.9 Å². The van der Waals surface area contributed by atoms with Crippen molar-refractivity contribution in [3.05, 3.63) is 22.3 Å². The van der Waals surface area contributed by atoms with Gasteiger partial charge in [0.25, 0.3) is 0 Å². The van der Waals surface area contributed by atoms with Gasteiger partial charge in [0.05, 0.1) is 6.10 Å². The first-order valence-electron chi connectivity index (χ1n) is 8.25. The van der Waals surface area contributed by atoms with Crippen molar-refractivity contribution < 1.29 is 19.5 Å². The van der Waals surface area contributed by atoms with Crippen molar-refractivity contribution in [2.75, 3.05) is 13.1 Å². The topological polar surface area (TPSA) is 74.7 Å². The van der Waals surface area contributed by atoms with Gasteiger partial charge in [-0.15, -0.1) is 0 Å². The van der Waals surface area contributed by atoms with Gasteiger partial charge in [-0.05, 0) is 46.5 Å². The van der Waals surface area contributed by atoms with Crippen LogP contribution in [-0.4, -0.2) is 46.7 Å². The molecule has 0 aromatic rings. The predicted octanol–water partition coefficient (Wildman–Crippen LogP) is 1.94. The number of piperidine rings is 1. The maximum atomic E-state index is 12.3. The van der Waals surface area contributed by atoms with E-state index in [1.165, 1.54) is 0 Å². The predicted molar refractivity (Wildman–Crippen MR) is 86.8 cm³/mol. The van der Waals surface area contributed by atoms with E-state index in [1.54, 1.807) is 25.7 Å². The number of rotatable bonds is 4. The Balaban J connectivity index is 1.90. The maximum absolute atomic E-state index is 12.3. The van der Waals surface area contributed by atoms with Crippen molar-refractivity contribution in [1.29, 1.82) is 0 Å². The number of carbonyl (C=O) groups is 3. The van der Waals surface area contributed by atoms with Crippen LogP contribution < -0.4 is 0 Å². The number of hydrogen-bond donors (Lipinski definition) is 1. The fourth-order valence-electron chi connectivity index (χ4n) is 3.15. The summed E-state index contributed by atoms with van der Waals surface area (Å²) in [5.74, 6) is -0.0604. The van der Waals surface area contributed by atoms with E-state index in [-0.39, 0.29) is 23.6 Å². The molecule has 1 aliphatic carbocycles. The van der Waals surface area contributed by atoms with E-state index < -0.39 is 0 Å². The van der Waals surface area contributed by atoms with Gasteiger partial charge in [0.2, 0.25) is 5.91 Å². The molecule has 0 radical (unpaired) electrons. The standard InChI is InChI=1S/C18H25NO4/c1-11-12(2)18(23)15(13(3)17(11)22)5-4-6-16(21)19-9-7-14(20)8-10-19/h14,20H,4-10H2,1-3H3. The van der Waals surface area contributed by atoms with E-state index in [9.17, 15) is 19.5 Å². The molecule has 0 saturated carbocycles. The number of ketones is 2. The molecule has 0 spiro atoms. The number of likely N-dealkylation sites (tertiary alicyclic amines) is 1. The molecule has 5 heteroatoms. The number of hydrogen-bond acceptors (Lipinski definition) is 4. The van der Waals surface area contributed by atoms with Crippen molar-refractivity contribution in [2.45, 2.75) is 59.0 Å². The second kappa shape index (κ2) is 7.21. The van der Waals surface area contributed by atoms with E-state index in [2.05, 4.69) is 0 Å². The summed E-state index contributed by atoms with van der Waals surface area (Å²) in [6.45, 7) is 6.26. The highest BCUT2D eigenvalue weighted by atomic mass is 16.3. The van der Waals surface area contributed by atoms with Crippen molar-refractivity contribution in [3.8, 4) is 0 Å². The van der Waals surface area contributed by atoms with Crippen molar-refractivity contribution in [1.82, 2.24) is 4.90 Å². The first kappa shape index (κ1) is 17.6. The van der Waals surface area contributed by atoms with Crippen LogP contribution >= 0.6 is 0 Å². The second-order valence-corrected chi connectivity index (χ2v) is 6.48. The molecule has 1 saturated heterocycles. The van der Waals surface area contributed by atoms with Gasteiger partial charge in [-0.1, -0.05) is 0 Å². The molecule has 1 aliphatic heterocycles. The number of allylic oxidation sites excluding steroid dienone is 4. The Morgan fingerprint density at radius 3 is 2.22 bits per heavy atom. The van der Waals surface area contributed by atoms with Crippen molar-refractivity contribution in [2.24, 2.45) is 0 Å². The molecule has 5 nitrogen and oxygen atoms in total. The van der Waals surface area contributed by atoms with E-state index in [0.717, 1.165) is 0 Å². The monoisotopic (exact) mass is 319 g/mol. The number of aliphatic hydroxyl groups is 1. The van der Waals surface area contributed by atoms with E-state index in [4.69, 9.17) is 0 Å². The Morgan fingerprint density at radius 1 is 1.04 bits per heavy atom. The number of Topliss-reactive ketones (excluding diaryl/α,β-unsaturated/α-hetero) is 2. The summed E-state index contributed by atoms with van der Waals surface area (Å²) in [6.07, 6.45) is 2.36. The lowest BCUT2D eigenvalue weighted by molar-refractivity contribution is -0.133. The molecule has 23 heavy (non-hydrogen) atoms. The van der Waals surface area contributed by atoms with Gasteiger partial charge >= 0.3 is 0 Å². The minimum atomic E-state index is -0.296. The highest BCUT2D eigenvalue weighted by Crippen LogP contribution is 2.27. The number of nitrogens with zero attached hydrogens (tertiary/aromatic N) is 1. The first-order valence-corrected chi connectivity index (χ1v) is 8.25. The Bertz CT molecular complexity index is 592. The number of aliphatic hydroxyl groups excluding tert-OH is 1. The lowest BCUT2D eigenvalue weighted by Crippen LogP contribution is -2.39. The molecule has 1 fully saturated rings. The molecule has 0 aromatic carbocycles. The molecule has 1 amide bonds. The van der Waals surface area contributed by atoms with Crippen LogP contribution in [0.3, 0.4) is 0 Å². The quantitative estimate of drug-likeness (QED) is 0.804. The van der Waals surface area contributed by atoms with Crippen LogP contribution in [0.5, 0.6) is 0 Å². The van der Waals surface area contributed by atoms with Gasteiger partial charge in [-0.2, -0.15) is 0 Å². The molecule has 126 valence electrons. The maximum Gasteiger partial charge on any atom is 0.222 e. The summed E-state index contributed by atoms with van der Waals surface area (Å²) in [7, 11) is 0. The molecule has 1 heterocycles. The first-order chi connectivity index (χ1) is 10.8. The summed E-state index contributed by atoms with van der Waals surface area (Å²) in [4.78, 5) is 38.3. The van der Waals surface area contributed by atoms with Crippen LogP contribution in [0.15, 0.2) is 22.3 Å². The summed E-state index contributed by atoms with van der Waals surface area (Å²) in [5.41, 5.74) is 2.12. The summed E-state index contributed by atoms with van der Waals surface area (Å²) < 4.78 is 0. The molecule has 0 atom stereocenters. The van der Waals surface area contributed by atoms with Crippen LogP contribution in [0.25, 0.3) is 0 Å². The van der Waals surface area contributed by atoms with E-state index >= 15 is 0 Å². The molecule has 0 bridgehead atoms. The smallest absolute Gasteiger partial charge is 0.222 e. The van der Waals surface area contributed by atoms with E-state index in [0.29, 0.717) is 67.5 Å². The summed E-state index contributed by atoms with van der Waals surface area (Å²) in [5, 5.41) is 9.47. The molecular weight excluding hydrogens is 294 g/mol. The average molecular weight is 319 g/mol. The van der Waals surface area contributed by atoms with Crippen LogP contribution in [0.4, 0.5) is 0 Å². The molecule has 2 aliphatic rings. The molecule has 2 rings (SSSR count). The van der Waals surface area contributed by atoms with E-state index in [1.807, 2.05) is 0 Å². The van der Waals surface area contributed by atoms with Gasteiger partial charge < -0.3 is 10.0 Å². The van der Waals surface area contributed by atoms with Gasteiger partial charge in [-0.25, -0.2) is 0 Å². The third-order valence-corrected chi connectivity index (χ3v) is 4.95. The highest BCUT2D eigenvalue weighted by Gasteiger charge is 2.27. The van der Waals surface area contributed by atoms with Crippen LogP contribution in [0.2, 0.25) is 0 Å². The molecular formula is C18H25NO4. The van der Waals surface area contributed by atoms with Gasteiger partial charge in [-0.3, -0.25) is 14.4 Å². The Morgan fingerprint density at radius 2 is 1.61 bits per heavy atom. The minimum absolute atomic E-state index is 0.0616. The molecule has 1 N–H and O–H groups in total. The van der Waals surface area contributed by atoms with Crippen molar-refractivity contribution in [3.63, 3.8) is 0 Å². The normalized spacial score (nSPS) is 20.6. The zero-order valence-corrected chi connectivity index (χ0v) is 14.1. The second-order valence-electron chi connectivity index (χ2n) is 6.48. The highest BCUT2D eigenvalue weighted by molar-refractivity contribution is 6.24. The fourth-order valence-corrected chi connectivity index (χ4v) is 3.15. The zero-order valence-electron chi connectivity index (χ0n) is 14.1. The average Bonchev–Trinajstić information content (AvgIpc) is 2.54. The van der Waals surface area contributed by atoms with Crippen LogP contribution in [0, 0.1) is 0 Å². The minimum Gasteiger partial charge on any atom is -0.393 e. The third kappa shape index (κ3) is 3.78. The summed E-state index contributed by atoms with van der Waals surface area (Å²) >= 11 is 0. The fraction of sp³-hybridized carbons (Fsp3) is 0.611. The van der Waals surface area contributed by atoms with Crippen molar-refractivity contribution >= 4 is 17.5 Å². The van der Waals surface area contributed by atoms with Gasteiger partial charge in [0.15, 0.2) is 11.6 Å². The third-order valence-electron chi connectivity index (χ3n) is 4.95. The number of carbonyl (C=O) groups excluding carboxylic acids is 3. The van der Waals surface area contributed by atoms with Gasteiger partial charge in [0.1, 0.15) is 0 Å². The molecule has 0 aromatic heterocycles. The zero-order chi connectivity index (χ0) is 17.1. The Hall–Kier alpha value is -1.75. The molecule has 0 unspecified atom stereocenters. The summed E-state index contributed by atoms with van der Waals surface area (Å²) in [6, 6.07) is 0. The van der Waals surface area contributed by atoms with Crippen LogP contribution in [-0.2, 0) is 14.4 Å². The SMILES string of the molecule is CC1=C(C)C(=O)C(CCCC(=O)N2CCC(O)CC2)=C(C)C1=O. The Kier molecular flexibility index (Phi) is 5.52. The largest absolute Gasteiger partial charge is 0.393 e. The number of amides is 1. The lowest BCUT2D eigenvalue weighted by Gasteiger charge is -2.29. The van der Waals surface area contributed by atoms with Gasteiger partial charge in [0, 0.05) is 41.8 Å². The Labute approximate surface area is 137 Å².